The molecule has 1 fully saturated rings. The van der Waals surface area contributed by atoms with Crippen molar-refractivity contribution in [3.63, 3.8) is 0 Å². The monoisotopic (exact) mass is 165 g/mol. The number of hydrogen-bond acceptors (Lipinski definition) is 1. The van der Waals surface area contributed by atoms with Crippen molar-refractivity contribution in [3.05, 3.63) is 0 Å². The van der Waals surface area contributed by atoms with E-state index < -0.39 is 0 Å². The van der Waals surface area contributed by atoms with Crippen molar-refractivity contribution in [2.75, 3.05) is 0 Å². The van der Waals surface area contributed by atoms with Gasteiger partial charge in [0, 0.05) is 0 Å². The Hall–Kier alpha value is -0.510. The Kier molecular flexibility index (Phi) is 2.21. The van der Waals surface area contributed by atoms with Crippen LogP contribution in [0.2, 0.25) is 0 Å². The lowest BCUT2D eigenvalue weighted by Gasteiger charge is -2.47. The van der Waals surface area contributed by atoms with Crippen LogP contribution in [0.4, 0.5) is 0 Å². The van der Waals surface area contributed by atoms with Gasteiger partial charge in [-0.05, 0) is 24.7 Å². The van der Waals surface area contributed by atoms with E-state index in [1.165, 1.54) is 12.8 Å². The van der Waals surface area contributed by atoms with Crippen molar-refractivity contribution in [2.24, 2.45) is 16.7 Å². The van der Waals surface area contributed by atoms with E-state index in [1.54, 1.807) is 0 Å². The minimum Gasteiger partial charge on any atom is -0.198 e. The Morgan fingerprint density at radius 3 is 2.33 bits per heavy atom. The van der Waals surface area contributed by atoms with E-state index in [2.05, 4.69) is 33.8 Å². The van der Waals surface area contributed by atoms with Crippen molar-refractivity contribution < 1.29 is 0 Å². The van der Waals surface area contributed by atoms with Crippen LogP contribution in [0.15, 0.2) is 0 Å². The van der Waals surface area contributed by atoms with E-state index in [0.717, 1.165) is 6.42 Å². The van der Waals surface area contributed by atoms with E-state index in [0.29, 0.717) is 5.92 Å². The number of nitrogens with zero attached hydrogens (tertiary/aromatic N) is 1. The summed E-state index contributed by atoms with van der Waals surface area (Å²) < 4.78 is 0. The van der Waals surface area contributed by atoms with Gasteiger partial charge >= 0.3 is 0 Å². The first-order valence-corrected chi connectivity index (χ1v) is 4.85. The van der Waals surface area contributed by atoms with E-state index in [9.17, 15) is 0 Å². The molecule has 0 N–H and O–H groups in total. The van der Waals surface area contributed by atoms with Crippen molar-refractivity contribution in [1.82, 2.24) is 0 Å². The maximum atomic E-state index is 9.15. The van der Waals surface area contributed by atoms with Gasteiger partial charge in [0.05, 0.1) is 11.5 Å². The van der Waals surface area contributed by atoms with Crippen LogP contribution >= 0.6 is 0 Å². The molecule has 0 bridgehead atoms. The van der Waals surface area contributed by atoms with Gasteiger partial charge < -0.3 is 0 Å². The summed E-state index contributed by atoms with van der Waals surface area (Å²) in [5.41, 5.74) is 0.0741. The second-order valence-corrected chi connectivity index (χ2v) is 4.96. The minimum absolute atomic E-state index is 0.106. The maximum absolute atomic E-state index is 9.15. The van der Waals surface area contributed by atoms with E-state index in [-0.39, 0.29) is 10.8 Å². The third-order valence-corrected chi connectivity index (χ3v) is 4.21. The quantitative estimate of drug-likeness (QED) is 0.540. The number of rotatable bonds is 0. The summed E-state index contributed by atoms with van der Waals surface area (Å²) in [6.45, 7) is 8.86. The lowest BCUT2D eigenvalue weighted by molar-refractivity contribution is 0.0292. The van der Waals surface area contributed by atoms with Gasteiger partial charge in [-0.3, -0.25) is 0 Å². The molecule has 0 spiro atoms. The molecule has 0 radical (unpaired) electrons. The van der Waals surface area contributed by atoms with Crippen LogP contribution in [0.5, 0.6) is 0 Å². The van der Waals surface area contributed by atoms with Gasteiger partial charge in [0.2, 0.25) is 0 Å². The second kappa shape index (κ2) is 2.76. The molecule has 0 aliphatic heterocycles. The molecule has 0 amide bonds. The first kappa shape index (κ1) is 9.58. The second-order valence-electron chi connectivity index (χ2n) is 4.96. The third-order valence-electron chi connectivity index (χ3n) is 4.21. The lowest BCUT2D eigenvalue weighted by Crippen LogP contribution is -2.42. The Morgan fingerprint density at radius 2 is 1.92 bits per heavy atom. The molecule has 1 aliphatic carbocycles. The predicted molar refractivity (Wildman–Crippen MR) is 50.5 cm³/mol. The summed E-state index contributed by atoms with van der Waals surface area (Å²) in [4.78, 5) is 0. The highest BCUT2D eigenvalue weighted by Crippen LogP contribution is 2.52. The molecule has 1 rings (SSSR count). The Bertz CT molecular complexity index is 212. The molecule has 1 aliphatic rings. The fraction of sp³-hybridized carbons (Fsp3) is 0.909. The average Bonchev–Trinajstić information content (AvgIpc) is 2.01. The highest BCUT2D eigenvalue weighted by Gasteiger charge is 2.47. The fourth-order valence-corrected chi connectivity index (χ4v) is 2.19. The minimum atomic E-state index is -0.106. The Labute approximate surface area is 75.8 Å². The summed E-state index contributed by atoms with van der Waals surface area (Å²) in [5.74, 6) is 0.677. The van der Waals surface area contributed by atoms with Crippen LogP contribution in [0.1, 0.15) is 47.0 Å². The first-order chi connectivity index (χ1) is 5.44. The highest BCUT2D eigenvalue weighted by atomic mass is 14.5. The SMILES string of the molecule is CC1CCCC(C)(C#N)C1(C)C. The number of nitriles is 1. The van der Waals surface area contributed by atoms with E-state index in [1.807, 2.05) is 0 Å². The van der Waals surface area contributed by atoms with Crippen LogP contribution in [0.3, 0.4) is 0 Å². The van der Waals surface area contributed by atoms with Gasteiger partial charge in [-0.2, -0.15) is 5.26 Å². The summed E-state index contributed by atoms with van der Waals surface area (Å²) >= 11 is 0. The summed E-state index contributed by atoms with van der Waals surface area (Å²) in [5, 5.41) is 9.15. The molecule has 1 nitrogen and oxygen atoms in total. The molecule has 2 unspecified atom stereocenters. The molecule has 0 aromatic carbocycles. The van der Waals surface area contributed by atoms with Crippen molar-refractivity contribution in [2.45, 2.75) is 47.0 Å². The lowest BCUT2D eigenvalue weighted by atomic mass is 9.55. The van der Waals surface area contributed by atoms with Gasteiger partial charge in [0.1, 0.15) is 0 Å². The topological polar surface area (TPSA) is 23.8 Å². The molecular weight excluding hydrogens is 146 g/mol. The molecule has 0 aromatic heterocycles. The normalized spacial score (nSPS) is 40.4. The molecule has 68 valence electrons. The van der Waals surface area contributed by atoms with Crippen LogP contribution in [0, 0.1) is 28.1 Å². The Morgan fingerprint density at radius 1 is 1.33 bits per heavy atom. The molecule has 0 aromatic rings. The standard InChI is InChI=1S/C11H19N/c1-9-6-5-7-11(4,8-12)10(9,2)3/h9H,5-7H2,1-4H3. The molecule has 1 heteroatoms. The molecular formula is C11H19N. The maximum Gasteiger partial charge on any atom is 0.0692 e. The summed E-state index contributed by atoms with van der Waals surface area (Å²) in [6.07, 6.45) is 3.57. The molecule has 12 heavy (non-hydrogen) atoms. The van der Waals surface area contributed by atoms with E-state index >= 15 is 0 Å². The summed E-state index contributed by atoms with van der Waals surface area (Å²) in [7, 11) is 0. The van der Waals surface area contributed by atoms with Gasteiger partial charge in [-0.15, -0.1) is 0 Å². The molecule has 0 heterocycles. The van der Waals surface area contributed by atoms with Gasteiger partial charge in [-0.1, -0.05) is 33.6 Å². The largest absolute Gasteiger partial charge is 0.198 e. The zero-order valence-electron chi connectivity index (χ0n) is 8.65. The zero-order chi connectivity index (χ0) is 9.41. The molecule has 2 atom stereocenters. The van der Waals surface area contributed by atoms with Crippen LogP contribution < -0.4 is 0 Å². The van der Waals surface area contributed by atoms with E-state index in [4.69, 9.17) is 5.26 Å². The van der Waals surface area contributed by atoms with Crippen molar-refractivity contribution in [3.8, 4) is 6.07 Å². The van der Waals surface area contributed by atoms with Gasteiger partial charge in [-0.25, -0.2) is 0 Å². The van der Waals surface area contributed by atoms with Crippen molar-refractivity contribution >= 4 is 0 Å². The average molecular weight is 165 g/mol. The number of hydrogen-bond donors (Lipinski definition) is 0. The predicted octanol–water partition coefficient (Wildman–Crippen LogP) is 3.36. The molecule has 0 saturated heterocycles. The smallest absolute Gasteiger partial charge is 0.0692 e. The fourth-order valence-electron chi connectivity index (χ4n) is 2.19. The third kappa shape index (κ3) is 1.14. The highest BCUT2D eigenvalue weighted by molar-refractivity contribution is 5.08. The first-order valence-electron chi connectivity index (χ1n) is 4.85. The summed E-state index contributed by atoms with van der Waals surface area (Å²) in [6, 6.07) is 2.50. The van der Waals surface area contributed by atoms with Gasteiger partial charge in [0.25, 0.3) is 0 Å². The van der Waals surface area contributed by atoms with Gasteiger partial charge in [0.15, 0.2) is 0 Å². The van der Waals surface area contributed by atoms with Crippen LogP contribution in [-0.2, 0) is 0 Å². The molecule has 1 saturated carbocycles. The van der Waals surface area contributed by atoms with Crippen LogP contribution in [-0.4, -0.2) is 0 Å². The van der Waals surface area contributed by atoms with Crippen molar-refractivity contribution in [1.29, 1.82) is 5.26 Å². The zero-order valence-corrected chi connectivity index (χ0v) is 8.65. The Balaban J connectivity index is 2.96. The van der Waals surface area contributed by atoms with Crippen LogP contribution in [0.25, 0.3) is 0 Å².